The monoisotopic (exact) mass is 800 g/mol. The maximum Gasteiger partial charge on any atom is 0.326 e. The molecular weight excluding hydrogens is 736 g/mol. The highest BCUT2D eigenvalue weighted by Crippen LogP contribution is 2.11. The molecule has 0 saturated carbocycles. The first-order valence-corrected chi connectivity index (χ1v) is 18.6. The number of amides is 7. The number of nitrogens with one attached hydrogen (secondary N) is 6. The van der Waals surface area contributed by atoms with Crippen LogP contribution in [0.1, 0.15) is 86.0 Å². The van der Waals surface area contributed by atoms with Crippen LogP contribution in [0.5, 0.6) is 0 Å². The van der Waals surface area contributed by atoms with Crippen molar-refractivity contribution in [2.24, 2.45) is 45.5 Å². The van der Waals surface area contributed by atoms with Gasteiger partial charge in [0.25, 0.3) is 0 Å². The molecule has 0 spiro atoms. The molecule has 18 N–H and O–H groups in total. The molecule has 0 radical (unpaired) electrons. The number of hydrogen-bond donors (Lipinski definition) is 13. The summed E-state index contributed by atoms with van der Waals surface area (Å²) >= 11 is 0. The molecule has 7 amide bonds. The van der Waals surface area contributed by atoms with Crippen molar-refractivity contribution in [3.05, 3.63) is 0 Å². The van der Waals surface area contributed by atoms with E-state index in [1.165, 1.54) is 6.92 Å². The fourth-order valence-electron chi connectivity index (χ4n) is 5.19. The molecule has 0 aliphatic heterocycles. The summed E-state index contributed by atoms with van der Waals surface area (Å²) in [4.78, 5) is 107. The van der Waals surface area contributed by atoms with E-state index in [1.807, 2.05) is 13.8 Å². The Bertz CT molecular complexity index is 1360. The van der Waals surface area contributed by atoms with E-state index >= 15 is 0 Å². The van der Waals surface area contributed by atoms with Crippen molar-refractivity contribution >= 4 is 53.3 Å². The van der Waals surface area contributed by atoms with E-state index in [-0.39, 0.29) is 44.2 Å². The zero-order valence-corrected chi connectivity index (χ0v) is 33.0. The Labute approximate surface area is 327 Å². The summed E-state index contributed by atoms with van der Waals surface area (Å²) in [7, 11) is 0. The van der Waals surface area contributed by atoms with Crippen molar-refractivity contribution in [3.8, 4) is 0 Å². The van der Waals surface area contributed by atoms with Crippen molar-refractivity contribution in [1.29, 1.82) is 0 Å². The van der Waals surface area contributed by atoms with Crippen LogP contribution in [0.15, 0.2) is 4.99 Å². The molecule has 8 atom stereocenters. The predicted octanol–water partition coefficient (Wildman–Crippen LogP) is -4.53. The molecular formula is C34H64N12O10. The Morgan fingerprint density at radius 1 is 0.661 bits per heavy atom. The first-order chi connectivity index (χ1) is 26.2. The quantitative estimate of drug-likeness (QED) is 0.0202. The summed E-state index contributed by atoms with van der Waals surface area (Å²) in [5.41, 5.74) is 27.4. The van der Waals surface area contributed by atoms with Gasteiger partial charge in [-0.1, -0.05) is 34.1 Å². The molecule has 0 fully saturated rings. The van der Waals surface area contributed by atoms with Gasteiger partial charge >= 0.3 is 5.97 Å². The minimum absolute atomic E-state index is 0.00313. The van der Waals surface area contributed by atoms with Gasteiger partial charge in [-0.2, -0.15) is 0 Å². The minimum atomic E-state index is -1.63. The highest BCUT2D eigenvalue weighted by atomic mass is 16.4. The van der Waals surface area contributed by atoms with E-state index in [1.54, 1.807) is 13.8 Å². The van der Waals surface area contributed by atoms with Gasteiger partial charge in [-0.25, -0.2) is 4.79 Å². The number of primary amides is 1. The lowest BCUT2D eigenvalue weighted by Crippen LogP contribution is -2.61. The number of unbranched alkanes of at least 4 members (excludes halogenated alkanes) is 1. The van der Waals surface area contributed by atoms with Crippen molar-refractivity contribution in [3.63, 3.8) is 0 Å². The Morgan fingerprint density at radius 2 is 1.20 bits per heavy atom. The van der Waals surface area contributed by atoms with Crippen molar-refractivity contribution < 1.29 is 48.6 Å². The average molecular weight is 801 g/mol. The molecule has 0 bridgehead atoms. The fraction of sp³-hybridized carbons (Fsp3) is 0.735. The second-order valence-corrected chi connectivity index (χ2v) is 14.0. The molecule has 0 aromatic rings. The number of aliphatic imine (C=N–C) groups is 1. The van der Waals surface area contributed by atoms with Gasteiger partial charge in [-0.15, -0.1) is 0 Å². The maximum absolute atomic E-state index is 13.7. The van der Waals surface area contributed by atoms with Gasteiger partial charge in [0.2, 0.25) is 41.4 Å². The first-order valence-electron chi connectivity index (χ1n) is 18.6. The van der Waals surface area contributed by atoms with Gasteiger partial charge in [-0.3, -0.25) is 38.6 Å². The van der Waals surface area contributed by atoms with Crippen LogP contribution < -0.4 is 60.6 Å². The second kappa shape index (κ2) is 26.7. The number of aliphatic hydroxyl groups is 1. The minimum Gasteiger partial charge on any atom is -0.480 e. The number of carbonyl (C=O) groups excluding carboxylic acids is 7. The van der Waals surface area contributed by atoms with Crippen LogP contribution >= 0.6 is 0 Å². The maximum atomic E-state index is 13.7. The van der Waals surface area contributed by atoms with Crippen LogP contribution in [0.25, 0.3) is 0 Å². The van der Waals surface area contributed by atoms with E-state index < -0.39 is 109 Å². The molecule has 0 rings (SSSR count). The number of carboxylic acids is 1. The number of carboxylic acid groups (broad SMARTS) is 1. The van der Waals surface area contributed by atoms with E-state index in [0.29, 0.717) is 25.7 Å². The molecule has 0 aromatic heterocycles. The Kier molecular flexibility index (Phi) is 24.2. The van der Waals surface area contributed by atoms with Crippen LogP contribution in [0.3, 0.4) is 0 Å². The van der Waals surface area contributed by atoms with Crippen LogP contribution in [-0.4, -0.2) is 125 Å². The topological polar surface area (TPSA) is 392 Å². The normalized spacial score (nSPS) is 15.3. The smallest absolute Gasteiger partial charge is 0.326 e. The highest BCUT2D eigenvalue weighted by Gasteiger charge is 2.35. The SMILES string of the molecule is CC[C@H](C)[C@H](NC(=O)[C@H](CO)NC(=O)[C@H](C)NC(=O)[C@@H](N)CC(C)C)C(=O)N[C@@H](CCCCN)C(=O)N[C@@H](CC(N)=O)C(=O)N[C@@H](CCCN=C(N)N)C(=O)O. The van der Waals surface area contributed by atoms with Gasteiger partial charge in [-0.05, 0) is 63.8 Å². The number of nitrogens with two attached hydrogens (primary N) is 5. The third-order valence-electron chi connectivity index (χ3n) is 8.60. The van der Waals surface area contributed by atoms with Crippen molar-refractivity contribution in [2.45, 2.75) is 128 Å². The summed E-state index contributed by atoms with van der Waals surface area (Å²) < 4.78 is 0. The summed E-state index contributed by atoms with van der Waals surface area (Å²) in [5, 5.41) is 34.1. The summed E-state index contributed by atoms with van der Waals surface area (Å²) in [6, 6.07) is -9.24. The lowest BCUT2D eigenvalue weighted by atomic mass is 9.97. The largest absolute Gasteiger partial charge is 0.480 e. The zero-order chi connectivity index (χ0) is 43.1. The number of hydrogen-bond acceptors (Lipinski definition) is 12. The molecule has 0 aliphatic rings. The van der Waals surface area contributed by atoms with E-state index in [9.17, 15) is 48.6 Å². The average Bonchev–Trinajstić information content (AvgIpc) is 3.11. The molecule has 0 heterocycles. The summed E-state index contributed by atoms with van der Waals surface area (Å²) in [6.45, 7) is 7.96. The number of rotatable bonds is 28. The van der Waals surface area contributed by atoms with Crippen LogP contribution in [0, 0.1) is 11.8 Å². The highest BCUT2D eigenvalue weighted by molar-refractivity contribution is 5.98. The van der Waals surface area contributed by atoms with Gasteiger partial charge in [0.15, 0.2) is 5.96 Å². The molecule has 0 saturated heterocycles. The number of aliphatic hydroxyl groups excluding tert-OH is 1. The Balaban J connectivity index is 6.05. The fourth-order valence-corrected chi connectivity index (χ4v) is 5.19. The molecule has 320 valence electrons. The molecule has 0 aliphatic carbocycles. The summed E-state index contributed by atoms with van der Waals surface area (Å²) in [5.74, 6) is -8.13. The van der Waals surface area contributed by atoms with Crippen LogP contribution in [-0.2, 0) is 38.4 Å². The van der Waals surface area contributed by atoms with Gasteiger partial charge in [0, 0.05) is 6.54 Å². The van der Waals surface area contributed by atoms with E-state index in [2.05, 4.69) is 36.9 Å². The van der Waals surface area contributed by atoms with E-state index in [4.69, 9.17) is 28.7 Å². The molecule has 22 heteroatoms. The lowest BCUT2D eigenvalue weighted by Gasteiger charge is -2.29. The van der Waals surface area contributed by atoms with Crippen LogP contribution in [0.2, 0.25) is 0 Å². The third-order valence-corrected chi connectivity index (χ3v) is 8.60. The second-order valence-electron chi connectivity index (χ2n) is 14.0. The Hall–Kier alpha value is -5.09. The van der Waals surface area contributed by atoms with Gasteiger partial charge < -0.3 is 70.8 Å². The van der Waals surface area contributed by atoms with Gasteiger partial charge in [0.05, 0.1) is 19.1 Å². The molecule has 0 aromatic carbocycles. The van der Waals surface area contributed by atoms with Crippen LogP contribution in [0.4, 0.5) is 0 Å². The number of carbonyl (C=O) groups is 8. The Morgan fingerprint density at radius 3 is 1.71 bits per heavy atom. The predicted molar refractivity (Wildman–Crippen MR) is 205 cm³/mol. The number of guanidine groups is 1. The van der Waals surface area contributed by atoms with Crippen molar-refractivity contribution in [2.75, 3.05) is 19.7 Å². The molecule has 56 heavy (non-hydrogen) atoms. The summed E-state index contributed by atoms with van der Waals surface area (Å²) in [6.07, 6.45) is 0.857. The number of aliphatic carboxylic acids is 1. The standard InChI is InChI=1S/C34H64N12O10/c1-6-18(4)26(46-31(53)24(16-47)45-27(49)19(5)41-28(50)20(36)14-17(2)3)32(54)42-21(10-7-8-12-35)29(51)44-23(15-25(37)48)30(52)43-22(33(55)56)11-9-13-40-34(38)39/h17-24,26,47H,6-16,35-36H2,1-5H3,(H2,37,48)(H,41,50)(H,42,54)(H,43,52)(H,44,51)(H,45,49)(H,46,53)(H,55,56)(H4,38,39,40)/t18-,19-,20-,21-,22-,23-,24-,26-/m0/s1. The third kappa shape index (κ3) is 20.0. The zero-order valence-electron chi connectivity index (χ0n) is 33.0. The van der Waals surface area contributed by atoms with Gasteiger partial charge in [0.1, 0.15) is 36.3 Å². The first kappa shape index (κ1) is 50.9. The van der Waals surface area contributed by atoms with E-state index in [0.717, 1.165) is 0 Å². The van der Waals surface area contributed by atoms with Crippen molar-refractivity contribution in [1.82, 2.24) is 31.9 Å². The molecule has 0 unspecified atom stereocenters. The lowest BCUT2D eigenvalue weighted by molar-refractivity contribution is -0.142. The number of nitrogens with zero attached hydrogens (tertiary/aromatic N) is 1. The molecule has 22 nitrogen and oxygen atoms in total.